The lowest BCUT2D eigenvalue weighted by atomic mass is 9.90. The number of amides is 2. The molecule has 1 aromatic heterocycles. The average Bonchev–Trinajstić information content (AvgIpc) is 3.23. The van der Waals surface area contributed by atoms with Gasteiger partial charge in [0.1, 0.15) is 22.9 Å². The lowest BCUT2D eigenvalue weighted by molar-refractivity contribution is -0.188. The van der Waals surface area contributed by atoms with Crippen molar-refractivity contribution in [3.8, 4) is 0 Å². The predicted molar refractivity (Wildman–Crippen MR) is 111 cm³/mol. The fourth-order valence-electron chi connectivity index (χ4n) is 4.05. The van der Waals surface area contributed by atoms with Gasteiger partial charge < -0.3 is 9.15 Å². The Hall–Kier alpha value is -3.29. The second kappa shape index (κ2) is 8.00. The van der Waals surface area contributed by atoms with Crippen molar-refractivity contribution in [3.63, 3.8) is 0 Å². The molecule has 2 atom stereocenters. The van der Waals surface area contributed by atoms with Gasteiger partial charge in [-0.2, -0.15) is 13.2 Å². The van der Waals surface area contributed by atoms with E-state index in [9.17, 15) is 22.8 Å². The standard InChI is InChI=1S/C24H22F3NO4/c1-23(2)20(12-15-8-4-3-5-9-15)28(22(30)32-23)21(29)18(24(25,26)27)14-17-13-16-10-6-7-11-19(16)31-17/h3-11,13,18,20H,12,14H2,1-2H3/t18-,20-/m0/s1. The normalized spacial score (nSPS) is 19.2. The van der Waals surface area contributed by atoms with Gasteiger partial charge in [-0.25, -0.2) is 9.69 Å². The maximum Gasteiger partial charge on any atom is 0.417 e. The summed E-state index contributed by atoms with van der Waals surface area (Å²) in [6, 6.07) is 16.3. The van der Waals surface area contributed by atoms with Gasteiger partial charge in [-0.05, 0) is 38.0 Å². The number of imide groups is 1. The molecule has 0 N–H and O–H groups in total. The number of carbonyl (C=O) groups is 2. The number of benzene rings is 2. The number of fused-ring (bicyclic) bond motifs is 1. The highest BCUT2D eigenvalue weighted by Crippen LogP contribution is 2.38. The van der Waals surface area contributed by atoms with Crippen molar-refractivity contribution in [2.75, 3.05) is 0 Å². The monoisotopic (exact) mass is 445 g/mol. The van der Waals surface area contributed by atoms with Gasteiger partial charge in [-0.15, -0.1) is 0 Å². The van der Waals surface area contributed by atoms with E-state index in [1.807, 2.05) is 0 Å². The molecule has 0 saturated carbocycles. The van der Waals surface area contributed by atoms with Crippen molar-refractivity contribution < 1.29 is 31.9 Å². The molecule has 1 aliphatic heterocycles. The minimum absolute atomic E-state index is 0.0216. The van der Waals surface area contributed by atoms with Crippen molar-refractivity contribution >= 4 is 23.0 Å². The largest absolute Gasteiger partial charge is 0.461 e. The molecule has 5 nitrogen and oxygen atoms in total. The van der Waals surface area contributed by atoms with Crippen LogP contribution in [0.5, 0.6) is 0 Å². The zero-order chi connectivity index (χ0) is 23.1. The van der Waals surface area contributed by atoms with Crippen LogP contribution < -0.4 is 0 Å². The van der Waals surface area contributed by atoms with Crippen LogP contribution in [0.1, 0.15) is 25.2 Å². The van der Waals surface area contributed by atoms with Gasteiger partial charge in [0.05, 0.1) is 6.04 Å². The number of para-hydroxylation sites is 1. The van der Waals surface area contributed by atoms with E-state index in [-0.39, 0.29) is 12.2 Å². The summed E-state index contributed by atoms with van der Waals surface area (Å²) in [4.78, 5) is 26.4. The van der Waals surface area contributed by atoms with Gasteiger partial charge in [0.15, 0.2) is 0 Å². The van der Waals surface area contributed by atoms with Crippen LogP contribution in [0.2, 0.25) is 0 Å². The molecule has 0 spiro atoms. The van der Waals surface area contributed by atoms with Crippen LogP contribution in [0.4, 0.5) is 18.0 Å². The number of ether oxygens (including phenoxy) is 1. The quantitative estimate of drug-likeness (QED) is 0.519. The molecule has 0 bridgehead atoms. The number of furan rings is 1. The molecule has 1 aliphatic rings. The van der Waals surface area contributed by atoms with Crippen molar-refractivity contribution in [1.82, 2.24) is 4.90 Å². The van der Waals surface area contributed by atoms with Crippen molar-refractivity contribution in [2.24, 2.45) is 5.92 Å². The summed E-state index contributed by atoms with van der Waals surface area (Å²) >= 11 is 0. The summed E-state index contributed by atoms with van der Waals surface area (Å²) in [5, 5.41) is 0.638. The third kappa shape index (κ3) is 4.22. The van der Waals surface area contributed by atoms with Gasteiger partial charge in [-0.3, -0.25) is 4.79 Å². The van der Waals surface area contributed by atoms with Crippen molar-refractivity contribution in [2.45, 2.75) is 44.5 Å². The van der Waals surface area contributed by atoms with Crippen LogP contribution in [0.15, 0.2) is 65.1 Å². The molecule has 2 amide bonds. The first-order valence-electron chi connectivity index (χ1n) is 10.2. The molecule has 32 heavy (non-hydrogen) atoms. The highest BCUT2D eigenvalue weighted by atomic mass is 19.4. The fraction of sp³-hybridized carbons (Fsp3) is 0.333. The molecule has 4 rings (SSSR count). The zero-order valence-corrected chi connectivity index (χ0v) is 17.6. The zero-order valence-electron chi connectivity index (χ0n) is 17.6. The molecule has 0 unspecified atom stereocenters. The second-order valence-corrected chi connectivity index (χ2v) is 8.43. The van der Waals surface area contributed by atoms with E-state index in [1.54, 1.807) is 68.4 Å². The Labute approximate surface area is 182 Å². The first kappa shape index (κ1) is 21.9. The molecule has 1 fully saturated rings. The Morgan fingerprint density at radius 2 is 1.75 bits per heavy atom. The SMILES string of the molecule is CC1(C)OC(=O)N(C(=O)[C@H](Cc2cc3ccccc3o2)C(F)(F)F)[C@H]1Cc1ccccc1. The lowest BCUT2D eigenvalue weighted by Gasteiger charge is -2.30. The molecular formula is C24H22F3NO4. The van der Waals surface area contributed by atoms with E-state index < -0.39 is 42.2 Å². The topological polar surface area (TPSA) is 59.8 Å². The molecule has 0 aliphatic carbocycles. The average molecular weight is 445 g/mol. The molecule has 1 saturated heterocycles. The number of hydrogen-bond donors (Lipinski definition) is 0. The van der Waals surface area contributed by atoms with Gasteiger partial charge in [0, 0.05) is 11.8 Å². The fourth-order valence-corrected chi connectivity index (χ4v) is 4.05. The van der Waals surface area contributed by atoms with Crippen LogP contribution in [-0.4, -0.2) is 34.7 Å². The Kier molecular flexibility index (Phi) is 5.48. The summed E-state index contributed by atoms with van der Waals surface area (Å²) in [5.74, 6) is -3.76. The molecule has 8 heteroatoms. The Bertz CT molecular complexity index is 1100. The van der Waals surface area contributed by atoms with Crippen molar-refractivity contribution in [3.05, 3.63) is 72.0 Å². The third-order valence-corrected chi connectivity index (χ3v) is 5.75. The van der Waals surface area contributed by atoms with Gasteiger partial charge in [0.2, 0.25) is 5.91 Å². The third-order valence-electron chi connectivity index (χ3n) is 5.75. The highest BCUT2D eigenvalue weighted by molar-refractivity contribution is 5.96. The smallest absolute Gasteiger partial charge is 0.417 e. The maximum absolute atomic E-state index is 14.0. The maximum atomic E-state index is 14.0. The number of carbonyl (C=O) groups excluding carboxylic acids is 2. The highest BCUT2D eigenvalue weighted by Gasteiger charge is 2.56. The van der Waals surface area contributed by atoms with E-state index in [0.29, 0.717) is 15.9 Å². The number of cyclic esters (lactones) is 1. The number of alkyl halides is 3. The second-order valence-electron chi connectivity index (χ2n) is 8.43. The Balaban J connectivity index is 1.65. The van der Waals surface area contributed by atoms with Crippen LogP contribution in [0.3, 0.4) is 0 Å². The summed E-state index contributed by atoms with van der Waals surface area (Å²) in [6.45, 7) is 3.18. The molecule has 2 aromatic carbocycles. The van der Waals surface area contributed by atoms with E-state index in [0.717, 1.165) is 5.56 Å². The molecule has 0 radical (unpaired) electrons. The van der Waals surface area contributed by atoms with Gasteiger partial charge in [-0.1, -0.05) is 48.5 Å². The van der Waals surface area contributed by atoms with E-state index in [1.165, 1.54) is 6.07 Å². The number of rotatable bonds is 5. The number of halogens is 3. The van der Waals surface area contributed by atoms with Crippen LogP contribution in [0.25, 0.3) is 11.0 Å². The van der Waals surface area contributed by atoms with Crippen LogP contribution in [0, 0.1) is 5.92 Å². The minimum Gasteiger partial charge on any atom is -0.461 e. The van der Waals surface area contributed by atoms with Gasteiger partial charge >= 0.3 is 12.3 Å². The van der Waals surface area contributed by atoms with Crippen LogP contribution in [-0.2, 0) is 22.4 Å². The summed E-state index contributed by atoms with van der Waals surface area (Å²) < 4.78 is 52.8. The predicted octanol–water partition coefficient (Wildman–Crippen LogP) is 5.52. The first-order valence-corrected chi connectivity index (χ1v) is 10.2. The molecule has 2 heterocycles. The van der Waals surface area contributed by atoms with Crippen molar-refractivity contribution in [1.29, 1.82) is 0 Å². The molecule has 3 aromatic rings. The van der Waals surface area contributed by atoms with E-state index in [2.05, 4.69) is 0 Å². The number of hydrogen-bond acceptors (Lipinski definition) is 4. The number of nitrogens with zero attached hydrogens (tertiary/aromatic N) is 1. The first-order chi connectivity index (χ1) is 15.1. The Morgan fingerprint density at radius 1 is 1.09 bits per heavy atom. The summed E-state index contributed by atoms with van der Waals surface area (Å²) in [7, 11) is 0. The molecule has 168 valence electrons. The Morgan fingerprint density at radius 3 is 2.41 bits per heavy atom. The summed E-state index contributed by atoms with van der Waals surface area (Å²) in [6.07, 6.45) is -6.47. The van der Waals surface area contributed by atoms with Gasteiger partial charge in [0.25, 0.3) is 0 Å². The lowest BCUT2D eigenvalue weighted by Crippen LogP contribution is -2.51. The molecular weight excluding hydrogens is 423 g/mol. The van der Waals surface area contributed by atoms with Crippen LogP contribution >= 0.6 is 0 Å². The van der Waals surface area contributed by atoms with E-state index in [4.69, 9.17) is 9.15 Å². The summed E-state index contributed by atoms with van der Waals surface area (Å²) in [5.41, 5.74) is 0.0695. The van der Waals surface area contributed by atoms with E-state index >= 15 is 0 Å². The minimum atomic E-state index is -4.87.